The third-order valence-electron chi connectivity index (χ3n) is 4.32. The van der Waals surface area contributed by atoms with E-state index in [9.17, 15) is 4.79 Å². The third-order valence-corrected chi connectivity index (χ3v) is 4.57. The predicted octanol–water partition coefficient (Wildman–Crippen LogP) is 2.91. The zero-order chi connectivity index (χ0) is 14.1. The van der Waals surface area contributed by atoms with Crippen molar-refractivity contribution in [3.63, 3.8) is 0 Å². The molecule has 108 valence electrons. The molecule has 1 aromatic carbocycles. The van der Waals surface area contributed by atoms with Gasteiger partial charge in [0.15, 0.2) is 0 Å². The minimum absolute atomic E-state index is 0.241. The van der Waals surface area contributed by atoms with Crippen molar-refractivity contribution in [1.29, 1.82) is 0 Å². The number of hydrogen-bond donors (Lipinski definition) is 0. The Morgan fingerprint density at radius 3 is 2.80 bits per heavy atom. The first-order valence-corrected chi connectivity index (χ1v) is 7.67. The Bertz CT molecular complexity index is 474. The number of halogens is 1. The number of likely N-dealkylation sites (tertiary alicyclic amines) is 1. The number of hydrogen-bond acceptors (Lipinski definition) is 2. The van der Waals surface area contributed by atoms with Crippen LogP contribution in [0.5, 0.6) is 0 Å². The molecule has 0 aromatic heterocycles. The smallest absolute Gasteiger partial charge is 0.223 e. The SMILES string of the molecule is C[C@@H]1C[C@H]2CN(C(=O)CCc3ccc(Cl)cc3)C[C@H]2O1. The summed E-state index contributed by atoms with van der Waals surface area (Å²) in [4.78, 5) is 14.2. The molecule has 4 heteroatoms. The van der Waals surface area contributed by atoms with Crippen LogP contribution >= 0.6 is 11.6 Å². The Labute approximate surface area is 124 Å². The molecule has 2 aliphatic heterocycles. The molecular formula is C16H20ClNO2. The molecule has 2 aliphatic rings. The number of nitrogens with zero attached hydrogens (tertiary/aromatic N) is 1. The maximum Gasteiger partial charge on any atom is 0.223 e. The van der Waals surface area contributed by atoms with Crippen LogP contribution in [0.1, 0.15) is 25.3 Å². The molecule has 0 bridgehead atoms. The molecule has 0 unspecified atom stereocenters. The summed E-state index contributed by atoms with van der Waals surface area (Å²) in [5, 5.41) is 0.735. The molecule has 2 heterocycles. The van der Waals surface area contributed by atoms with Gasteiger partial charge in [-0.1, -0.05) is 23.7 Å². The lowest BCUT2D eigenvalue weighted by Crippen LogP contribution is -2.31. The Morgan fingerprint density at radius 1 is 1.35 bits per heavy atom. The van der Waals surface area contributed by atoms with E-state index in [0.717, 1.165) is 36.5 Å². The van der Waals surface area contributed by atoms with Crippen molar-refractivity contribution >= 4 is 17.5 Å². The lowest BCUT2D eigenvalue weighted by molar-refractivity contribution is -0.131. The highest BCUT2D eigenvalue weighted by molar-refractivity contribution is 6.30. The zero-order valence-electron chi connectivity index (χ0n) is 11.7. The van der Waals surface area contributed by atoms with E-state index in [1.165, 1.54) is 0 Å². The van der Waals surface area contributed by atoms with Crippen LogP contribution in [0.4, 0.5) is 0 Å². The van der Waals surface area contributed by atoms with Crippen molar-refractivity contribution in [2.45, 2.75) is 38.4 Å². The predicted molar refractivity (Wildman–Crippen MR) is 78.8 cm³/mol. The molecular weight excluding hydrogens is 274 g/mol. The molecule has 0 spiro atoms. The largest absolute Gasteiger partial charge is 0.373 e. The van der Waals surface area contributed by atoms with Gasteiger partial charge in [0.05, 0.1) is 12.2 Å². The standard InChI is InChI=1S/C16H20ClNO2/c1-11-8-13-9-18(10-15(13)20-11)16(19)7-4-12-2-5-14(17)6-3-12/h2-3,5-6,11,13,15H,4,7-10H2,1H3/t11-,13+,15-/m1/s1. The quantitative estimate of drug-likeness (QED) is 0.857. The van der Waals surface area contributed by atoms with Gasteiger partial charge in [0.1, 0.15) is 0 Å². The number of rotatable bonds is 3. The average Bonchev–Trinajstić information content (AvgIpc) is 2.95. The first-order valence-electron chi connectivity index (χ1n) is 7.29. The monoisotopic (exact) mass is 293 g/mol. The lowest BCUT2D eigenvalue weighted by Gasteiger charge is -2.18. The van der Waals surface area contributed by atoms with Crippen molar-refractivity contribution in [3.8, 4) is 0 Å². The van der Waals surface area contributed by atoms with E-state index < -0.39 is 0 Å². The molecule has 2 saturated heterocycles. The summed E-state index contributed by atoms with van der Waals surface area (Å²) in [6.45, 7) is 3.76. The molecule has 3 nitrogen and oxygen atoms in total. The summed E-state index contributed by atoms with van der Waals surface area (Å²) in [6, 6.07) is 7.71. The Morgan fingerprint density at radius 2 is 2.10 bits per heavy atom. The topological polar surface area (TPSA) is 29.5 Å². The van der Waals surface area contributed by atoms with Crippen LogP contribution in [-0.4, -0.2) is 36.1 Å². The zero-order valence-corrected chi connectivity index (χ0v) is 12.5. The van der Waals surface area contributed by atoms with E-state index in [4.69, 9.17) is 16.3 Å². The highest BCUT2D eigenvalue weighted by Gasteiger charge is 2.41. The van der Waals surface area contributed by atoms with Crippen molar-refractivity contribution in [2.24, 2.45) is 5.92 Å². The van der Waals surface area contributed by atoms with Gasteiger partial charge in [-0.25, -0.2) is 0 Å². The fraction of sp³-hybridized carbons (Fsp3) is 0.562. The van der Waals surface area contributed by atoms with E-state index in [1.807, 2.05) is 29.2 Å². The number of amides is 1. The fourth-order valence-electron chi connectivity index (χ4n) is 3.27. The van der Waals surface area contributed by atoms with Gasteiger partial charge in [-0.2, -0.15) is 0 Å². The normalized spacial score (nSPS) is 28.7. The summed E-state index contributed by atoms with van der Waals surface area (Å²) >= 11 is 5.86. The van der Waals surface area contributed by atoms with Gasteiger partial charge in [-0.3, -0.25) is 4.79 Å². The number of carbonyl (C=O) groups is 1. The molecule has 1 amide bonds. The number of fused-ring (bicyclic) bond motifs is 1. The van der Waals surface area contributed by atoms with E-state index in [2.05, 4.69) is 6.92 Å². The molecule has 0 saturated carbocycles. The highest BCUT2D eigenvalue weighted by atomic mass is 35.5. The van der Waals surface area contributed by atoms with E-state index in [0.29, 0.717) is 18.4 Å². The van der Waals surface area contributed by atoms with Crippen LogP contribution in [0.2, 0.25) is 5.02 Å². The lowest BCUT2D eigenvalue weighted by atomic mass is 10.0. The number of aryl methyl sites for hydroxylation is 1. The van der Waals surface area contributed by atoms with Crippen LogP contribution in [0.15, 0.2) is 24.3 Å². The van der Waals surface area contributed by atoms with Crippen LogP contribution in [0, 0.1) is 5.92 Å². The van der Waals surface area contributed by atoms with Crippen molar-refractivity contribution < 1.29 is 9.53 Å². The Hall–Kier alpha value is -1.06. The summed E-state index contributed by atoms with van der Waals surface area (Å²) in [5.74, 6) is 0.787. The molecule has 1 aromatic rings. The van der Waals surface area contributed by atoms with Gasteiger partial charge in [0, 0.05) is 30.5 Å². The number of benzene rings is 1. The van der Waals surface area contributed by atoms with E-state index in [1.54, 1.807) is 0 Å². The molecule has 2 fully saturated rings. The van der Waals surface area contributed by atoms with Crippen molar-refractivity contribution in [2.75, 3.05) is 13.1 Å². The molecule has 3 rings (SSSR count). The fourth-order valence-corrected chi connectivity index (χ4v) is 3.39. The third kappa shape index (κ3) is 2.99. The maximum atomic E-state index is 12.2. The van der Waals surface area contributed by atoms with Crippen molar-refractivity contribution in [1.82, 2.24) is 4.90 Å². The maximum absolute atomic E-state index is 12.2. The van der Waals surface area contributed by atoms with Crippen LogP contribution in [0.25, 0.3) is 0 Å². The summed E-state index contributed by atoms with van der Waals surface area (Å²) in [7, 11) is 0. The van der Waals surface area contributed by atoms with E-state index in [-0.39, 0.29) is 12.0 Å². The highest BCUT2D eigenvalue weighted by Crippen LogP contribution is 2.32. The Balaban J connectivity index is 1.50. The van der Waals surface area contributed by atoms with Gasteiger partial charge in [-0.05, 0) is 37.5 Å². The molecule has 0 N–H and O–H groups in total. The molecule has 0 radical (unpaired) electrons. The number of carbonyl (C=O) groups excluding carboxylic acids is 1. The first-order chi connectivity index (χ1) is 9.61. The summed E-state index contributed by atoms with van der Waals surface area (Å²) in [5.41, 5.74) is 1.16. The van der Waals surface area contributed by atoms with E-state index >= 15 is 0 Å². The second-order valence-electron chi connectivity index (χ2n) is 5.91. The van der Waals surface area contributed by atoms with Crippen molar-refractivity contribution in [3.05, 3.63) is 34.9 Å². The second kappa shape index (κ2) is 5.74. The molecule has 3 atom stereocenters. The van der Waals surface area contributed by atoms with Crippen LogP contribution < -0.4 is 0 Å². The number of ether oxygens (including phenoxy) is 1. The molecule has 0 aliphatic carbocycles. The minimum Gasteiger partial charge on any atom is -0.373 e. The minimum atomic E-state index is 0.241. The average molecular weight is 294 g/mol. The van der Waals surface area contributed by atoms with Crippen LogP contribution in [-0.2, 0) is 16.0 Å². The van der Waals surface area contributed by atoms with Gasteiger partial charge in [0.25, 0.3) is 0 Å². The van der Waals surface area contributed by atoms with Crippen LogP contribution in [0.3, 0.4) is 0 Å². The van der Waals surface area contributed by atoms with Gasteiger partial charge >= 0.3 is 0 Å². The summed E-state index contributed by atoms with van der Waals surface area (Å²) < 4.78 is 5.83. The van der Waals surface area contributed by atoms with Gasteiger partial charge < -0.3 is 9.64 Å². The second-order valence-corrected chi connectivity index (χ2v) is 6.34. The summed E-state index contributed by atoms with van der Waals surface area (Å²) in [6.07, 6.45) is 3.06. The van der Waals surface area contributed by atoms with Gasteiger partial charge in [0.2, 0.25) is 5.91 Å². The Kier molecular flexibility index (Phi) is 3.99. The first kappa shape index (κ1) is 13.9. The van der Waals surface area contributed by atoms with Gasteiger partial charge in [-0.15, -0.1) is 0 Å². The molecule has 20 heavy (non-hydrogen) atoms.